The van der Waals surface area contributed by atoms with Crippen LogP contribution in [0, 0.1) is 10.1 Å². The van der Waals surface area contributed by atoms with Crippen LogP contribution < -0.4 is 5.32 Å². The fourth-order valence-corrected chi connectivity index (χ4v) is 3.08. The lowest BCUT2D eigenvalue weighted by Gasteiger charge is -2.05. The zero-order valence-electron chi connectivity index (χ0n) is 12.3. The molecule has 0 spiro atoms. The zero-order valence-corrected chi connectivity index (χ0v) is 13.1. The average Bonchev–Trinajstić information content (AvgIpc) is 2.96. The summed E-state index contributed by atoms with van der Waals surface area (Å²) in [5.74, 6) is -0.242. The van der Waals surface area contributed by atoms with Crippen LogP contribution in [0.25, 0.3) is 0 Å². The smallest absolute Gasteiger partial charge is 0.282 e. The van der Waals surface area contributed by atoms with Gasteiger partial charge >= 0.3 is 0 Å². The number of benzene rings is 1. The van der Waals surface area contributed by atoms with Gasteiger partial charge in [0.05, 0.1) is 4.92 Å². The van der Waals surface area contributed by atoms with Gasteiger partial charge in [0.1, 0.15) is 10.6 Å². The molecule has 0 saturated carbocycles. The maximum atomic E-state index is 12.2. The molecule has 7 nitrogen and oxygen atoms in total. The molecule has 1 aromatic carbocycles. The van der Waals surface area contributed by atoms with Gasteiger partial charge in [-0.1, -0.05) is 37.3 Å². The minimum Gasteiger partial charge on any atom is -0.296 e. The number of nitrogens with one attached hydrogen (secondary N) is 1. The number of hydrogen-bond donors (Lipinski definition) is 1. The number of anilines is 1. The zero-order chi connectivity index (χ0) is 16.1. The van der Waals surface area contributed by atoms with Gasteiger partial charge in [0, 0.05) is 12.0 Å². The van der Waals surface area contributed by atoms with E-state index >= 15 is 0 Å². The van der Waals surface area contributed by atoms with Crippen molar-refractivity contribution < 1.29 is 9.72 Å². The molecule has 2 rings (SSSR count). The van der Waals surface area contributed by atoms with Gasteiger partial charge in [-0.15, -0.1) is 10.2 Å². The van der Waals surface area contributed by atoms with Crippen molar-refractivity contribution in [3.05, 3.63) is 45.0 Å². The molecule has 1 amide bonds. The predicted octanol–water partition coefficient (Wildman–Crippen LogP) is 3.60. The summed E-state index contributed by atoms with van der Waals surface area (Å²) in [6, 6.07) is 5.81. The Labute approximate surface area is 131 Å². The minimum absolute atomic E-state index is 0.00628. The number of nitro benzene ring substituents is 1. The van der Waals surface area contributed by atoms with Crippen molar-refractivity contribution in [3.8, 4) is 0 Å². The predicted molar refractivity (Wildman–Crippen MR) is 84.3 cm³/mol. The number of nitro groups is 1. The van der Waals surface area contributed by atoms with Crippen LogP contribution in [-0.2, 0) is 0 Å². The first kappa shape index (κ1) is 16.0. The van der Waals surface area contributed by atoms with E-state index in [1.807, 2.05) is 0 Å². The van der Waals surface area contributed by atoms with Crippen molar-refractivity contribution in [2.24, 2.45) is 0 Å². The van der Waals surface area contributed by atoms with Crippen LogP contribution in [0.5, 0.6) is 0 Å². The molecule has 0 aliphatic carbocycles. The van der Waals surface area contributed by atoms with Crippen LogP contribution in [0.2, 0.25) is 0 Å². The van der Waals surface area contributed by atoms with Crippen molar-refractivity contribution in [1.82, 2.24) is 10.2 Å². The van der Waals surface area contributed by atoms with Crippen LogP contribution in [0.15, 0.2) is 24.3 Å². The number of rotatable bonds is 6. The summed E-state index contributed by atoms with van der Waals surface area (Å²) in [6.07, 6.45) is 1.90. The molecular formula is C14H16N4O3S. The molecule has 0 fully saturated rings. The van der Waals surface area contributed by atoms with Crippen LogP contribution in [0.1, 0.15) is 48.0 Å². The molecule has 1 aromatic heterocycles. The first-order chi connectivity index (χ1) is 10.6. The van der Waals surface area contributed by atoms with Crippen LogP contribution in [0.4, 0.5) is 10.8 Å². The Balaban J connectivity index is 2.18. The highest BCUT2D eigenvalue weighted by Gasteiger charge is 2.21. The number of carbonyl (C=O) groups is 1. The fraction of sp³-hybridized carbons (Fsp3) is 0.357. The van der Waals surface area contributed by atoms with Crippen molar-refractivity contribution >= 4 is 28.1 Å². The normalized spacial score (nSPS) is 10.7. The average molecular weight is 320 g/mol. The summed E-state index contributed by atoms with van der Waals surface area (Å²) in [4.78, 5) is 22.6. The van der Waals surface area contributed by atoms with E-state index in [0.717, 1.165) is 17.8 Å². The molecule has 0 atom stereocenters. The van der Waals surface area contributed by atoms with Gasteiger partial charge in [0.25, 0.3) is 11.6 Å². The van der Waals surface area contributed by atoms with Crippen LogP contribution >= 0.6 is 11.3 Å². The Bertz CT molecular complexity index is 682. The van der Waals surface area contributed by atoms with E-state index in [4.69, 9.17) is 0 Å². The van der Waals surface area contributed by atoms with Crippen molar-refractivity contribution in [1.29, 1.82) is 0 Å². The summed E-state index contributed by atoms with van der Waals surface area (Å²) >= 11 is 1.30. The highest BCUT2D eigenvalue weighted by Crippen LogP contribution is 2.28. The number of carbonyl (C=O) groups excluding carboxylic acids is 1. The van der Waals surface area contributed by atoms with Crippen LogP contribution in [-0.4, -0.2) is 21.0 Å². The monoisotopic (exact) mass is 320 g/mol. The molecule has 1 heterocycles. The standard InChI is InChI=1S/C14H16N4O3S/c1-3-9(4-2)13-16-17-14(22-13)15-12(19)10-7-5-6-8-11(10)18(20)21/h5-9H,3-4H2,1-2H3,(H,15,17,19). The Hall–Kier alpha value is -2.35. The Morgan fingerprint density at radius 1 is 1.32 bits per heavy atom. The van der Waals surface area contributed by atoms with Gasteiger partial charge < -0.3 is 0 Å². The van der Waals surface area contributed by atoms with Gasteiger partial charge in [-0.05, 0) is 18.9 Å². The summed E-state index contributed by atoms with van der Waals surface area (Å²) in [7, 11) is 0. The molecule has 0 saturated heterocycles. The molecule has 22 heavy (non-hydrogen) atoms. The number of amides is 1. The van der Waals surface area contributed by atoms with E-state index in [1.165, 1.54) is 29.5 Å². The highest BCUT2D eigenvalue weighted by molar-refractivity contribution is 7.15. The molecular weight excluding hydrogens is 304 g/mol. The minimum atomic E-state index is -0.579. The molecule has 0 radical (unpaired) electrons. The molecule has 116 valence electrons. The summed E-state index contributed by atoms with van der Waals surface area (Å²) in [5, 5.41) is 22.8. The third-order valence-electron chi connectivity index (χ3n) is 3.34. The van der Waals surface area contributed by atoms with Gasteiger partial charge in [0.15, 0.2) is 0 Å². The summed E-state index contributed by atoms with van der Waals surface area (Å²) in [6.45, 7) is 4.14. The number of aromatic nitrogens is 2. The first-order valence-corrected chi connectivity index (χ1v) is 7.76. The Kier molecular flexibility index (Phi) is 5.16. The van der Waals surface area contributed by atoms with E-state index in [1.54, 1.807) is 6.07 Å². The van der Waals surface area contributed by atoms with Crippen LogP contribution in [0.3, 0.4) is 0 Å². The second-order valence-electron chi connectivity index (χ2n) is 4.69. The number of nitrogens with zero attached hydrogens (tertiary/aromatic N) is 3. The lowest BCUT2D eigenvalue weighted by molar-refractivity contribution is -0.385. The van der Waals surface area contributed by atoms with Crippen molar-refractivity contribution in [2.45, 2.75) is 32.6 Å². The van der Waals surface area contributed by atoms with Crippen molar-refractivity contribution in [3.63, 3.8) is 0 Å². The van der Waals surface area contributed by atoms with Crippen molar-refractivity contribution in [2.75, 3.05) is 5.32 Å². The lowest BCUT2D eigenvalue weighted by Crippen LogP contribution is -2.13. The van der Waals surface area contributed by atoms with Gasteiger partial charge in [-0.3, -0.25) is 20.2 Å². The second kappa shape index (κ2) is 7.08. The molecule has 1 N–H and O–H groups in total. The molecule has 0 bridgehead atoms. The fourth-order valence-electron chi connectivity index (χ4n) is 2.08. The van der Waals surface area contributed by atoms with E-state index in [2.05, 4.69) is 29.4 Å². The topological polar surface area (TPSA) is 98.0 Å². The highest BCUT2D eigenvalue weighted by atomic mass is 32.1. The maximum Gasteiger partial charge on any atom is 0.282 e. The van der Waals surface area contributed by atoms with Gasteiger partial charge in [0.2, 0.25) is 5.13 Å². The number of para-hydroxylation sites is 1. The Morgan fingerprint density at radius 2 is 2.00 bits per heavy atom. The largest absolute Gasteiger partial charge is 0.296 e. The Morgan fingerprint density at radius 3 is 2.64 bits per heavy atom. The lowest BCUT2D eigenvalue weighted by atomic mass is 10.1. The number of hydrogen-bond acceptors (Lipinski definition) is 6. The molecule has 0 unspecified atom stereocenters. The van der Waals surface area contributed by atoms with E-state index in [-0.39, 0.29) is 11.3 Å². The summed E-state index contributed by atoms with van der Waals surface area (Å²) in [5.41, 5.74) is -0.225. The van der Waals surface area contributed by atoms with E-state index in [0.29, 0.717) is 11.0 Å². The molecule has 2 aromatic rings. The second-order valence-corrected chi connectivity index (χ2v) is 5.70. The molecule has 8 heteroatoms. The van der Waals surface area contributed by atoms with E-state index < -0.39 is 10.8 Å². The quantitative estimate of drug-likeness (QED) is 0.647. The third-order valence-corrected chi connectivity index (χ3v) is 4.34. The first-order valence-electron chi connectivity index (χ1n) is 6.95. The van der Waals surface area contributed by atoms with Gasteiger partial charge in [-0.25, -0.2) is 0 Å². The SMILES string of the molecule is CCC(CC)c1nnc(NC(=O)c2ccccc2[N+](=O)[O-])s1. The van der Waals surface area contributed by atoms with Gasteiger partial charge in [-0.2, -0.15) is 0 Å². The van der Waals surface area contributed by atoms with E-state index in [9.17, 15) is 14.9 Å². The maximum absolute atomic E-state index is 12.2. The third kappa shape index (κ3) is 3.45. The molecule has 0 aliphatic heterocycles. The summed E-state index contributed by atoms with van der Waals surface area (Å²) < 4.78 is 0. The molecule has 0 aliphatic rings.